The highest BCUT2D eigenvalue weighted by Gasteiger charge is 2.28. The minimum absolute atomic E-state index is 0.505. The summed E-state index contributed by atoms with van der Waals surface area (Å²) >= 11 is 3.66. The van der Waals surface area contributed by atoms with Gasteiger partial charge < -0.3 is 10.4 Å². The van der Waals surface area contributed by atoms with E-state index in [2.05, 4.69) is 40.2 Å². The third-order valence-electron chi connectivity index (χ3n) is 4.22. The summed E-state index contributed by atoms with van der Waals surface area (Å²) in [5, 5.41) is 18.5. The van der Waals surface area contributed by atoms with Crippen molar-refractivity contribution in [2.24, 2.45) is 0 Å². The van der Waals surface area contributed by atoms with Crippen molar-refractivity contribution in [1.82, 2.24) is 15.1 Å². The fourth-order valence-corrected chi connectivity index (χ4v) is 3.69. The van der Waals surface area contributed by atoms with Crippen molar-refractivity contribution in [3.63, 3.8) is 0 Å². The van der Waals surface area contributed by atoms with Crippen molar-refractivity contribution < 1.29 is 5.11 Å². The smallest absolute Gasteiger partial charge is 0.0771 e. The van der Waals surface area contributed by atoms with Crippen LogP contribution in [0.25, 0.3) is 0 Å². The molecule has 5 heteroatoms. The van der Waals surface area contributed by atoms with Crippen LogP contribution in [-0.4, -0.2) is 27.0 Å². The number of nitrogens with zero attached hydrogens (tertiary/aromatic N) is 2. The van der Waals surface area contributed by atoms with Gasteiger partial charge in [0.1, 0.15) is 0 Å². The lowest BCUT2D eigenvalue weighted by Gasteiger charge is -2.32. The van der Waals surface area contributed by atoms with Gasteiger partial charge in [-0.3, -0.25) is 4.68 Å². The van der Waals surface area contributed by atoms with Crippen molar-refractivity contribution in [2.45, 2.75) is 71.1 Å². The van der Waals surface area contributed by atoms with E-state index >= 15 is 0 Å². The van der Waals surface area contributed by atoms with E-state index in [1.807, 2.05) is 4.68 Å². The van der Waals surface area contributed by atoms with E-state index in [1.54, 1.807) is 0 Å². The van der Waals surface area contributed by atoms with Crippen LogP contribution < -0.4 is 5.32 Å². The van der Waals surface area contributed by atoms with Gasteiger partial charge in [-0.15, -0.1) is 0 Å². The van der Waals surface area contributed by atoms with Gasteiger partial charge in [0.25, 0.3) is 0 Å². The highest BCUT2D eigenvalue weighted by atomic mass is 79.9. The Morgan fingerprint density at radius 3 is 2.60 bits per heavy atom. The van der Waals surface area contributed by atoms with Crippen molar-refractivity contribution in [1.29, 1.82) is 0 Å². The number of nitrogens with one attached hydrogen (secondary N) is 1. The van der Waals surface area contributed by atoms with Crippen LogP contribution in [0.2, 0.25) is 0 Å². The normalized spacial score (nSPS) is 18.4. The minimum Gasteiger partial charge on any atom is -0.389 e. The highest BCUT2D eigenvalue weighted by molar-refractivity contribution is 9.10. The van der Waals surface area contributed by atoms with Gasteiger partial charge in [-0.25, -0.2) is 0 Å². The SMILES string of the molecule is CCc1nn(CC)c(CNCC2(O)CCCCC2)c1Br. The van der Waals surface area contributed by atoms with Crippen molar-refractivity contribution in [3.8, 4) is 0 Å². The summed E-state index contributed by atoms with van der Waals surface area (Å²) in [7, 11) is 0. The molecule has 0 atom stereocenters. The number of aryl methyl sites for hydroxylation is 2. The number of hydrogen-bond acceptors (Lipinski definition) is 3. The van der Waals surface area contributed by atoms with E-state index in [0.717, 1.165) is 55.4 Å². The van der Waals surface area contributed by atoms with Gasteiger partial charge in [0.2, 0.25) is 0 Å². The molecule has 2 N–H and O–H groups in total. The first kappa shape index (κ1) is 16.0. The molecule has 1 aromatic heterocycles. The van der Waals surface area contributed by atoms with Crippen LogP contribution in [0, 0.1) is 0 Å². The van der Waals surface area contributed by atoms with Crippen LogP contribution in [0.1, 0.15) is 57.3 Å². The Bertz CT molecular complexity index is 439. The quantitative estimate of drug-likeness (QED) is 0.834. The second-order valence-electron chi connectivity index (χ2n) is 5.77. The minimum atomic E-state index is -0.505. The average Bonchev–Trinajstić information content (AvgIpc) is 2.76. The van der Waals surface area contributed by atoms with Crippen molar-refractivity contribution in [2.75, 3.05) is 6.54 Å². The summed E-state index contributed by atoms with van der Waals surface area (Å²) in [6.07, 6.45) is 6.34. The largest absolute Gasteiger partial charge is 0.389 e. The molecule has 0 amide bonds. The number of halogens is 1. The molecule has 0 aliphatic heterocycles. The maximum Gasteiger partial charge on any atom is 0.0771 e. The van der Waals surface area contributed by atoms with Gasteiger partial charge in [0.05, 0.1) is 21.5 Å². The third kappa shape index (κ3) is 3.62. The molecule has 1 aromatic rings. The predicted octanol–water partition coefficient (Wildman–Crippen LogP) is 3.01. The molecule has 1 aliphatic carbocycles. The standard InChI is InChI=1S/C15H26BrN3O/c1-3-12-14(16)13(19(4-2)18-12)10-17-11-15(20)8-6-5-7-9-15/h17,20H,3-11H2,1-2H3. The first-order chi connectivity index (χ1) is 9.59. The fourth-order valence-electron chi connectivity index (χ4n) is 2.99. The molecule has 1 saturated carbocycles. The Morgan fingerprint density at radius 1 is 1.30 bits per heavy atom. The van der Waals surface area contributed by atoms with Crippen LogP contribution in [0.5, 0.6) is 0 Å². The van der Waals surface area contributed by atoms with Crippen molar-refractivity contribution in [3.05, 3.63) is 15.9 Å². The Labute approximate surface area is 130 Å². The van der Waals surface area contributed by atoms with Crippen LogP contribution in [0.4, 0.5) is 0 Å². The van der Waals surface area contributed by atoms with Gasteiger partial charge in [-0.05, 0) is 42.1 Å². The Hall–Kier alpha value is -0.390. The average molecular weight is 344 g/mol. The molecular formula is C15H26BrN3O. The lowest BCUT2D eigenvalue weighted by molar-refractivity contribution is 0.00454. The lowest BCUT2D eigenvalue weighted by Crippen LogP contribution is -2.42. The van der Waals surface area contributed by atoms with Gasteiger partial charge >= 0.3 is 0 Å². The van der Waals surface area contributed by atoms with E-state index < -0.39 is 5.60 Å². The molecule has 0 saturated heterocycles. The molecule has 0 bridgehead atoms. The van der Waals surface area contributed by atoms with Gasteiger partial charge in [-0.1, -0.05) is 26.2 Å². The zero-order chi connectivity index (χ0) is 14.6. The molecule has 1 heterocycles. The zero-order valence-corrected chi connectivity index (χ0v) is 14.2. The number of hydrogen-bond donors (Lipinski definition) is 2. The molecule has 4 nitrogen and oxygen atoms in total. The van der Waals surface area contributed by atoms with E-state index in [4.69, 9.17) is 0 Å². The Morgan fingerprint density at radius 2 is 2.00 bits per heavy atom. The number of aromatic nitrogens is 2. The number of aliphatic hydroxyl groups is 1. The Kier molecular flexibility index (Phi) is 5.64. The van der Waals surface area contributed by atoms with Crippen molar-refractivity contribution >= 4 is 15.9 Å². The van der Waals surface area contributed by atoms with Crippen LogP contribution >= 0.6 is 15.9 Å². The maximum atomic E-state index is 10.5. The Balaban J connectivity index is 1.95. The molecule has 0 aromatic carbocycles. The van der Waals surface area contributed by atoms with Gasteiger partial charge in [-0.2, -0.15) is 5.10 Å². The molecule has 0 spiro atoms. The third-order valence-corrected chi connectivity index (χ3v) is 5.14. The summed E-state index contributed by atoms with van der Waals surface area (Å²) < 4.78 is 3.16. The zero-order valence-electron chi connectivity index (χ0n) is 12.6. The van der Waals surface area contributed by atoms with E-state index in [1.165, 1.54) is 12.1 Å². The van der Waals surface area contributed by atoms with Crippen LogP contribution in [0.15, 0.2) is 4.47 Å². The van der Waals surface area contributed by atoms with Crippen LogP contribution in [0.3, 0.4) is 0 Å². The maximum absolute atomic E-state index is 10.5. The predicted molar refractivity (Wildman–Crippen MR) is 84.7 cm³/mol. The van der Waals surface area contributed by atoms with E-state index in [9.17, 15) is 5.11 Å². The molecule has 2 rings (SSSR count). The van der Waals surface area contributed by atoms with Crippen LogP contribution in [-0.2, 0) is 19.5 Å². The summed E-state index contributed by atoms with van der Waals surface area (Å²) in [5.41, 5.74) is 1.79. The number of rotatable bonds is 6. The molecule has 20 heavy (non-hydrogen) atoms. The molecule has 114 valence electrons. The molecule has 0 unspecified atom stereocenters. The topological polar surface area (TPSA) is 50.1 Å². The molecular weight excluding hydrogens is 318 g/mol. The highest BCUT2D eigenvalue weighted by Crippen LogP contribution is 2.28. The second kappa shape index (κ2) is 7.05. The fraction of sp³-hybridized carbons (Fsp3) is 0.800. The van der Waals surface area contributed by atoms with E-state index in [0.29, 0.717) is 6.54 Å². The summed E-state index contributed by atoms with van der Waals surface area (Å²) in [4.78, 5) is 0. The lowest BCUT2D eigenvalue weighted by atomic mass is 9.85. The van der Waals surface area contributed by atoms with E-state index in [-0.39, 0.29) is 0 Å². The monoisotopic (exact) mass is 343 g/mol. The molecule has 1 aliphatic rings. The summed E-state index contributed by atoms with van der Waals surface area (Å²) in [5.74, 6) is 0. The second-order valence-corrected chi connectivity index (χ2v) is 6.56. The summed E-state index contributed by atoms with van der Waals surface area (Å²) in [6.45, 7) is 6.53. The van der Waals surface area contributed by atoms with Gasteiger partial charge in [0.15, 0.2) is 0 Å². The summed E-state index contributed by atoms with van der Waals surface area (Å²) in [6, 6.07) is 0. The molecule has 1 fully saturated rings. The molecule has 0 radical (unpaired) electrons. The van der Waals surface area contributed by atoms with Gasteiger partial charge in [0, 0.05) is 19.6 Å². The first-order valence-corrected chi connectivity index (χ1v) is 8.56. The first-order valence-electron chi connectivity index (χ1n) is 7.77.